The minimum absolute atomic E-state index is 0.104. The molecule has 1 aromatic carbocycles. The number of pyridine rings is 1. The maximum Gasteiger partial charge on any atom is 0.269 e. The number of likely N-dealkylation sites (tertiary alicyclic amines) is 1. The zero-order valence-electron chi connectivity index (χ0n) is 18.4. The quantitative estimate of drug-likeness (QED) is 0.520. The topological polar surface area (TPSA) is 42.3 Å². The van der Waals surface area contributed by atoms with E-state index in [9.17, 15) is 9.59 Å². The highest BCUT2D eigenvalue weighted by atomic mass is 35.5. The van der Waals surface area contributed by atoms with E-state index in [1.807, 2.05) is 34.9 Å². The first-order valence-electron chi connectivity index (χ1n) is 11.1. The second-order valence-corrected chi connectivity index (χ2v) is 9.19. The summed E-state index contributed by atoms with van der Waals surface area (Å²) in [5, 5.41) is 0.298. The van der Waals surface area contributed by atoms with Crippen molar-refractivity contribution in [2.45, 2.75) is 72.0 Å². The van der Waals surface area contributed by atoms with Crippen LogP contribution in [-0.2, 0) is 25.9 Å². The van der Waals surface area contributed by atoms with Gasteiger partial charge in [-0.3, -0.25) is 14.5 Å². The number of carbonyl (C=O) groups is 1. The Bertz CT molecular complexity index is 918. The predicted octanol–water partition coefficient (Wildman–Crippen LogP) is 5.13. The Hall–Kier alpha value is -1.91. The number of nitrogens with zero attached hydrogens (tertiary/aromatic N) is 2. The molecule has 0 unspecified atom stereocenters. The van der Waals surface area contributed by atoms with Gasteiger partial charge in [-0.25, -0.2) is 0 Å². The fourth-order valence-electron chi connectivity index (χ4n) is 4.56. The highest BCUT2D eigenvalue weighted by Gasteiger charge is 2.27. The van der Waals surface area contributed by atoms with E-state index in [4.69, 9.17) is 11.6 Å². The lowest BCUT2D eigenvalue weighted by Crippen LogP contribution is -2.35. The van der Waals surface area contributed by atoms with Gasteiger partial charge in [-0.2, -0.15) is 0 Å². The Morgan fingerprint density at radius 3 is 2.60 bits per heavy atom. The van der Waals surface area contributed by atoms with Gasteiger partial charge in [-0.15, -0.1) is 0 Å². The van der Waals surface area contributed by atoms with Crippen LogP contribution in [0.2, 0.25) is 5.02 Å². The Morgan fingerprint density at radius 1 is 1.23 bits per heavy atom. The van der Waals surface area contributed by atoms with Crippen molar-refractivity contribution in [1.82, 2.24) is 9.47 Å². The number of hydrogen-bond donors (Lipinski definition) is 0. The maximum absolute atomic E-state index is 13.0. The third-order valence-electron chi connectivity index (χ3n) is 6.16. The van der Waals surface area contributed by atoms with E-state index < -0.39 is 0 Å². The van der Waals surface area contributed by atoms with Crippen LogP contribution >= 0.6 is 11.6 Å². The zero-order valence-corrected chi connectivity index (χ0v) is 19.1. The van der Waals surface area contributed by atoms with Crippen LogP contribution in [0.5, 0.6) is 0 Å². The molecule has 3 rings (SSSR count). The number of halogens is 1. The molecule has 1 aliphatic heterocycles. The lowest BCUT2D eigenvalue weighted by atomic mass is 10.0. The molecule has 2 heterocycles. The Balaban J connectivity index is 1.88. The molecule has 0 radical (unpaired) electrons. The number of aromatic nitrogens is 1. The zero-order chi connectivity index (χ0) is 21.7. The van der Waals surface area contributed by atoms with Crippen molar-refractivity contribution >= 4 is 17.9 Å². The normalized spacial score (nSPS) is 17.0. The van der Waals surface area contributed by atoms with Gasteiger partial charge in [0, 0.05) is 30.4 Å². The van der Waals surface area contributed by atoms with Gasteiger partial charge in [0.15, 0.2) is 0 Å². The van der Waals surface area contributed by atoms with Crippen LogP contribution in [0.1, 0.15) is 67.2 Å². The molecule has 5 heteroatoms. The summed E-state index contributed by atoms with van der Waals surface area (Å²) in [6.07, 6.45) is 6.08. The first-order chi connectivity index (χ1) is 14.4. The van der Waals surface area contributed by atoms with E-state index in [1.54, 1.807) is 0 Å². The average Bonchev–Trinajstić information content (AvgIpc) is 3.16. The van der Waals surface area contributed by atoms with Crippen molar-refractivity contribution in [2.24, 2.45) is 5.92 Å². The van der Waals surface area contributed by atoms with Gasteiger partial charge < -0.3 is 4.57 Å². The molecule has 1 aromatic heterocycles. The molecule has 0 aliphatic carbocycles. The van der Waals surface area contributed by atoms with Gasteiger partial charge in [0.05, 0.1) is 0 Å². The van der Waals surface area contributed by atoms with Crippen LogP contribution in [0.3, 0.4) is 0 Å². The van der Waals surface area contributed by atoms with Crippen molar-refractivity contribution in [3.05, 3.63) is 68.1 Å². The van der Waals surface area contributed by atoms with Crippen molar-refractivity contribution < 1.29 is 4.79 Å². The molecule has 0 bridgehead atoms. The van der Waals surface area contributed by atoms with Crippen LogP contribution in [-0.4, -0.2) is 28.3 Å². The minimum atomic E-state index is -0.104. The number of rotatable bonds is 9. The number of aryl methyl sites for hydroxylation is 2. The molecule has 0 amide bonds. The molecule has 30 heavy (non-hydrogen) atoms. The third-order valence-corrected chi connectivity index (χ3v) is 6.43. The molecular formula is C25H33ClN2O2. The summed E-state index contributed by atoms with van der Waals surface area (Å²) in [5.74, 6) is 0.669. The fraction of sp³-hybridized carbons (Fsp3) is 0.520. The number of benzene rings is 1. The summed E-state index contributed by atoms with van der Waals surface area (Å²) in [6, 6.07) is 10.0. The van der Waals surface area contributed by atoms with Gasteiger partial charge in [0.25, 0.3) is 5.56 Å². The number of carbonyl (C=O) groups excluding carboxylic acids is 1. The lowest BCUT2D eigenvalue weighted by Gasteiger charge is -2.28. The molecule has 1 saturated heterocycles. The molecule has 1 fully saturated rings. The molecule has 0 saturated carbocycles. The Labute approximate surface area is 184 Å². The standard InChI is InChI=1S/C25H33ClN2O2/c1-4-21-15-23(26)25(30)28(13-11-19-7-9-20(17-29)10-8-19)24(21)16-27-12-5-6-22(27)14-18(2)3/h7-10,15,17-18,22H,4-6,11-14,16H2,1-3H3/t22-/m1/s1. The number of aldehydes is 1. The van der Waals surface area contributed by atoms with E-state index in [-0.39, 0.29) is 5.56 Å². The fourth-order valence-corrected chi connectivity index (χ4v) is 4.80. The van der Waals surface area contributed by atoms with E-state index in [1.165, 1.54) is 19.3 Å². The summed E-state index contributed by atoms with van der Waals surface area (Å²) >= 11 is 6.32. The molecule has 162 valence electrons. The second-order valence-electron chi connectivity index (χ2n) is 8.78. The molecule has 0 N–H and O–H groups in total. The minimum Gasteiger partial charge on any atom is -0.309 e. The van der Waals surface area contributed by atoms with Crippen LogP contribution < -0.4 is 5.56 Å². The van der Waals surface area contributed by atoms with Gasteiger partial charge in [0.1, 0.15) is 11.3 Å². The third kappa shape index (κ3) is 5.41. The van der Waals surface area contributed by atoms with Gasteiger partial charge in [0.2, 0.25) is 0 Å². The second kappa shape index (κ2) is 10.4. The van der Waals surface area contributed by atoms with Gasteiger partial charge in [-0.05, 0) is 61.8 Å². The van der Waals surface area contributed by atoms with E-state index >= 15 is 0 Å². The average molecular weight is 429 g/mol. The van der Waals surface area contributed by atoms with Crippen molar-refractivity contribution in [3.63, 3.8) is 0 Å². The predicted molar refractivity (Wildman–Crippen MR) is 124 cm³/mol. The van der Waals surface area contributed by atoms with Gasteiger partial charge in [-0.1, -0.05) is 56.6 Å². The Kier molecular flexibility index (Phi) is 7.90. The van der Waals surface area contributed by atoms with Crippen LogP contribution in [0, 0.1) is 5.92 Å². The largest absolute Gasteiger partial charge is 0.309 e. The highest BCUT2D eigenvalue weighted by Crippen LogP contribution is 2.26. The summed E-state index contributed by atoms with van der Waals surface area (Å²) in [4.78, 5) is 26.4. The summed E-state index contributed by atoms with van der Waals surface area (Å²) in [6.45, 7) is 9.16. The highest BCUT2D eigenvalue weighted by molar-refractivity contribution is 6.30. The smallest absolute Gasteiger partial charge is 0.269 e. The summed E-state index contributed by atoms with van der Waals surface area (Å²) in [5.41, 5.74) is 3.93. The van der Waals surface area contributed by atoms with E-state index in [0.717, 1.165) is 49.0 Å². The van der Waals surface area contributed by atoms with Crippen LogP contribution in [0.25, 0.3) is 0 Å². The molecule has 1 aliphatic rings. The molecule has 0 spiro atoms. The summed E-state index contributed by atoms with van der Waals surface area (Å²) < 4.78 is 1.89. The van der Waals surface area contributed by atoms with E-state index in [0.29, 0.717) is 29.1 Å². The molecule has 4 nitrogen and oxygen atoms in total. The van der Waals surface area contributed by atoms with Gasteiger partial charge >= 0.3 is 0 Å². The Morgan fingerprint density at radius 2 is 1.97 bits per heavy atom. The van der Waals surface area contributed by atoms with Crippen LogP contribution in [0.4, 0.5) is 0 Å². The summed E-state index contributed by atoms with van der Waals surface area (Å²) in [7, 11) is 0. The van der Waals surface area contributed by atoms with E-state index in [2.05, 4.69) is 25.7 Å². The van der Waals surface area contributed by atoms with Crippen molar-refractivity contribution in [3.8, 4) is 0 Å². The van der Waals surface area contributed by atoms with Crippen molar-refractivity contribution in [1.29, 1.82) is 0 Å². The first kappa shape index (κ1) is 22.8. The number of hydrogen-bond acceptors (Lipinski definition) is 3. The molecule has 1 atom stereocenters. The SMILES string of the molecule is CCc1cc(Cl)c(=O)n(CCc2ccc(C=O)cc2)c1CN1CCC[C@@H]1CC(C)C. The van der Waals surface area contributed by atoms with Crippen LogP contribution in [0.15, 0.2) is 35.1 Å². The molecular weight excluding hydrogens is 396 g/mol. The van der Waals surface area contributed by atoms with Crippen molar-refractivity contribution in [2.75, 3.05) is 6.54 Å². The molecule has 2 aromatic rings. The maximum atomic E-state index is 13.0. The monoisotopic (exact) mass is 428 g/mol. The lowest BCUT2D eigenvalue weighted by molar-refractivity contribution is 0.112. The first-order valence-corrected chi connectivity index (χ1v) is 11.5.